The average Bonchev–Trinajstić information content (AvgIpc) is 2.86. The van der Waals surface area contributed by atoms with E-state index in [1.165, 1.54) is 17.2 Å². The number of rotatable bonds is 9. The van der Waals surface area contributed by atoms with Gasteiger partial charge in [0.2, 0.25) is 0 Å². The van der Waals surface area contributed by atoms with Crippen LogP contribution in [0.4, 0.5) is 0 Å². The predicted octanol–water partition coefficient (Wildman–Crippen LogP) is 7.72. The van der Waals surface area contributed by atoms with Crippen molar-refractivity contribution in [1.29, 1.82) is 0 Å². The lowest BCUT2D eigenvalue weighted by Gasteiger charge is -2.42. The molecule has 0 spiro atoms. The van der Waals surface area contributed by atoms with E-state index in [1.807, 2.05) is 12.1 Å². The fourth-order valence-corrected chi connectivity index (χ4v) is 5.28. The van der Waals surface area contributed by atoms with Crippen LogP contribution in [-0.4, -0.2) is 38.2 Å². The summed E-state index contributed by atoms with van der Waals surface area (Å²) in [6.07, 6.45) is 2.28. The molecule has 0 bridgehead atoms. The van der Waals surface area contributed by atoms with Gasteiger partial charge in [0.05, 0.1) is 18.8 Å². The molecule has 37 heavy (non-hydrogen) atoms. The Kier molecular flexibility index (Phi) is 7.98. The van der Waals surface area contributed by atoms with Crippen molar-refractivity contribution in [3.63, 3.8) is 0 Å². The van der Waals surface area contributed by atoms with Gasteiger partial charge in [-0.25, -0.2) is 4.79 Å². The van der Waals surface area contributed by atoms with Crippen molar-refractivity contribution in [1.82, 2.24) is 0 Å². The van der Waals surface area contributed by atoms with Crippen molar-refractivity contribution in [2.45, 2.75) is 51.4 Å². The summed E-state index contributed by atoms with van der Waals surface area (Å²) in [5.74, 6) is -0.307. The molecule has 4 rings (SSSR count). The maximum atomic E-state index is 11.4. The van der Waals surface area contributed by atoms with Crippen LogP contribution in [0.3, 0.4) is 0 Å². The van der Waals surface area contributed by atoms with Gasteiger partial charge in [0.15, 0.2) is 6.79 Å². The van der Waals surface area contributed by atoms with E-state index in [0.717, 1.165) is 35.1 Å². The van der Waals surface area contributed by atoms with Crippen LogP contribution in [0.15, 0.2) is 54.6 Å². The van der Waals surface area contributed by atoms with E-state index in [4.69, 9.17) is 25.8 Å². The Bertz CT molecular complexity index is 1290. The number of fused-ring (bicyclic) bond motifs is 1. The number of methoxy groups -OCH3 is 1. The maximum absolute atomic E-state index is 11.4. The van der Waals surface area contributed by atoms with E-state index >= 15 is 0 Å². The zero-order chi connectivity index (χ0) is 26.8. The van der Waals surface area contributed by atoms with E-state index in [9.17, 15) is 9.90 Å². The quantitative estimate of drug-likeness (QED) is 0.230. The molecule has 0 heterocycles. The third-order valence-corrected chi connectivity index (χ3v) is 7.71. The second-order valence-corrected chi connectivity index (χ2v) is 11.3. The lowest BCUT2D eigenvalue weighted by atomic mass is 9.63. The standard InChI is InChI=1S/C31H35ClO5/c1-30(2)12-13-31(3,4)26-17-21(7-10-25(26)30)24-16-20(8-11-28(24)37-19-36-15-14-35-5)23-9-6-22(29(33)34)18-27(23)32/h6-11,16-18H,12-15,19H2,1-5H3,(H,33,34). The minimum Gasteiger partial charge on any atom is -0.478 e. The van der Waals surface area contributed by atoms with E-state index in [0.29, 0.717) is 24.0 Å². The summed E-state index contributed by atoms with van der Waals surface area (Å²) in [6.45, 7) is 10.3. The van der Waals surface area contributed by atoms with Crippen LogP contribution in [0, 0.1) is 0 Å². The third kappa shape index (κ3) is 5.85. The summed E-state index contributed by atoms with van der Waals surface area (Å²) in [6, 6.07) is 17.4. The van der Waals surface area contributed by atoms with Crippen LogP contribution in [0.25, 0.3) is 22.3 Å². The van der Waals surface area contributed by atoms with Gasteiger partial charge in [0.25, 0.3) is 0 Å². The second-order valence-electron chi connectivity index (χ2n) is 10.9. The highest BCUT2D eigenvalue weighted by Gasteiger charge is 2.37. The van der Waals surface area contributed by atoms with Gasteiger partial charge in [-0.05, 0) is 70.2 Å². The number of carbonyl (C=O) groups is 1. The molecule has 0 radical (unpaired) electrons. The summed E-state index contributed by atoms with van der Waals surface area (Å²) in [4.78, 5) is 11.4. The number of aromatic carboxylic acids is 1. The smallest absolute Gasteiger partial charge is 0.335 e. The van der Waals surface area contributed by atoms with Crippen molar-refractivity contribution >= 4 is 17.6 Å². The number of ether oxygens (including phenoxy) is 3. The Balaban J connectivity index is 1.79. The molecule has 0 unspecified atom stereocenters. The SMILES string of the molecule is COCCOCOc1ccc(-c2ccc(C(=O)O)cc2Cl)cc1-c1ccc2c(c1)C(C)(C)CCC2(C)C. The fraction of sp³-hybridized carbons (Fsp3) is 0.387. The summed E-state index contributed by atoms with van der Waals surface area (Å²) in [5, 5.41) is 9.70. The Morgan fingerprint density at radius 1 is 0.865 bits per heavy atom. The normalized spacial score (nSPS) is 15.7. The van der Waals surface area contributed by atoms with E-state index < -0.39 is 5.97 Å². The van der Waals surface area contributed by atoms with Gasteiger partial charge >= 0.3 is 5.97 Å². The van der Waals surface area contributed by atoms with Gasteiger partial charge in [-0.1, -0.05) is 69.6 Å². The first-order valence-electron chi connectivity index (χ1n) is 12.6. The van der Waals surface area contributed by atoms with E-state index in [-0.39, 0.29) is 23.2 Å². The highest BCUT2D eigenvalue weighted by atomic mass is 35.5. The van der Waals surface area contributed by atoms with E-state index in [2.05, 4.69) is 52.0 Å². The molecule has 1 aliphatic carbocycles. The van der Waals surface area contributed by atoms with Gasteiger partial charge < -0.3 is 19.3 Å². The van der Waals surface area contributed by atoms with Crippen molar-refractivity contribution < 1.29 is 24.1 Å². The molecule has 0 aromatic heterocycles. The minimum absolute atomic E-state index is 0.0682. The number of hydrogen-bond donors (Lipinski definition) is 1. The highest BCUT2D eigenvalue weighted by molar-refractivity contribution is 6.33. The van der Waals surface area contributed by atoms with Crippen molar-refractivity contribution in [3.05, 3.63) is 76.3 Å². The summed E-state index contributed by atoms with van der Waals surface area (Å²) < 4.78 is 16.7. The van der Waals surface area contributed by atoms with Crippen LogP contribution in [0.2, 0.25) is 5.02 Å². The Labute approximate surface area is 224 Å². The molecule has 0 atom stereocenters. The Morgan fingerprint density at radius 2 is 1.54 bits per heavy atom. The van der Waals surface area contributed by atoms with Gasteiger partial charge in [0, 0.05) is 23.3 Å². The molecule has 1 aliphatic rings. The fourth-order valence-electron chi connectivity index (χ4n) is 4.99. The molecule has 0 aliphatic heterocycles. The maximum Gasteiger partial charge on any atom is 0.335 e. The first-order chi connectivity index (χ1) is 17.5. The van der Waals surface area contributed by atoms with Crippen LogP contribution in [0.1, 0.15) is 62.0 Å². The molecule has 0 amide bonds. The summed E-state index contributed by atoms with van der Waals surface area (Å²) >= 11 is 6.52. The van der Waals surface area contributed by atoms with Gasteiger partial charge in [-0.15, -0.1) is 0 Å². The van der Waals surface area contributed by atoms with Crippen LogP contribution < -0.4 is 4.74 Å². The molecule has 3 aromatic carbocycles. The molecule has 0 fully saturated rings. The Morgan fingerprint density at radius 3 is 2.22 bits per heavy atom. The first kappa shape index (κ1) is 27.2. The molecule has 5 nitrogen and oxygen atoms in total. The lowest BCUT2D eigenvalue weighted by molar-refractivity contribution is -0.00821. The Hall–Kier alpha value is -2.86. The largest absolute Gasteiger partial charge is 0.478 e. The molecule has 0 saturated carbocycles. The van der Waals surface area contributed by atoms with Crippen LogP contribution >= 0.6 is 11.6 Å². The van der Waals surface area contributed by atoms with Gasteiger partial charge in [-0.2, -0.15) is 0 Å². The summed E-state index contributed by atoms with van der Waals surface area (Å²) in [5.41, 5.74) is 6.71. The molecular weight excluding hydrogens is 488 g/mol. The number of carboxylic acids is 1. The second kappa shape index (κ2) is 10.9. The third-order valence-electron chi connectivity index (χ3n) is 7.40. The minimum atomic E-state index is -1.01. The predicted molar refractivity (Wildman–Crippen MR) is 148 cm³/mol. The van der Waals surface area contributed by atoms with Crippen LogP contribution in [-0.2, 0) is 20.3 Å². The average molecular weight is 523 g/mol. The number of benzene rings is 3. The number of carboxylic acid groups (broad SMARTS) is 1. The van der Waals surface area contributed by atoms with Crippen LogP contribution in [0.5, 0.6) is 5.75 Å². The zero-order valence-electron chi connectivity index (χ0n) is 22.2. The van der Waals surface area contributed by atoms with Gasteiger partial charge in [-0.3, -0.25) is 0 Å². The topological polar surface area (TPSA) is 65.0 Å². The van der Waals surface area contributed by atoms with Gasteiger partial charge in [0.1, 0.15) is 5.75 Å². The number of hydrogen-bond acceptors (Lipinski definition) is 4. The molecule has 1 N–H and O–H groups in total. The first-order valence-corrected chi connectivity index (χ1v) is 12.9. The molecule has 6 heteroatoms. The lowest BCUT2D eigenvalue weighted by Crippen LogP contribution is -2.33. The molecule has 3 aromatic rings. The number of halogens is 1. The highest BCUT2D eigenvalue weighted by Crippen LogP contribution is 2.47. The zero-order valence-corrected chi connectivity index (χ0v) is 22.9. The van der Waals surface area contributed by atoms with E-state index in [1.54, 1.807) is 19.2 Å². The van der Waals surface area contributed by atoms with Crippen molar-refractivity contribution in [2.75, 3.05) is 27.1 Å². The van der Waals surface area contributed by atoms with Crippen molar-refractivity contribution in [3.8, 4) is 28.0 Å². The molecular formula is C31H35ClO5. The molecule has 0 saturated heterocycles. The van der Waals surface area contributed by atoms with Crippen molar-refractivity contribution in [2.24, 2.45) is 0 Å². The summed E-state index contributed by atoms with van der Waals surface area (Å²) in [7, 11) is 1.63. The molecule has 196 valence electrons. The monoisotopic (exact) mass is 522 g/mol.